The number of rotatable bonds is 4. The maximum absolute atomic E-state index is 11.7. The molecule has 1 aromatic heterocycles. The van der Waals surface area contributed by atoms with Crippen molar-refractivity contribution in [1.82, 2.24) is 4.98 Å². The summed E-state index contributed by atoms with van der Waals surface area (Å²) < 4.78 is 4.98. The minimum absolute atomic E-state index is 0.0387. The Morgan fingerprint density at radius 3 is 3.00 bits per heavy atom. The Labute approximate surface area is 136 Å². The van der Waals surface area contributed by atoms with Crippen LogP contribution in [0.2, 0.25) is 0 Å². The van der Waals surface area contributed by atoms with Crippen LogP contribution in [0.15, 0.2) is 23.2 Å². The number of thioether (sulfide) groups is 1. The fraction of sp³-hybridized carbons (Fsp3) is 0.333. The SMILES string of the molecule is CCOC(=O)C1CSC(c2cc3cc(C)cc([N+](=O)[O-])c3[nH]2)=N1. The predicted molar refractivity (Wildman–Crippen MR) is 89.1 cm³/mol. The molecule has 1 atom stereocenters. The number of aliphatic imine (C=N–C) groups is 1. The maximum Gasteiger partial charge on any atom is 0.331 e. The van der Waals surface area contributed by atoms with Crippen LogP contribution in [0, 0.1) is 17.0 Å². The van der Waals surface area contributed by atoms with Crippen molar-refractivity contribution in [2.75, 3.05) is 12.4 Å². The largest absolute Gasteiger partial charge is 0.464 e. The van der Waals surface area contributed by atoms with E-state index in [1.54, 1.807) is 6.92 Å². The summed E-state index contributed by atoms with van der Waals surface area (Å²) in [6.45, 7) is 3.89. The molecule has 23 heavy (non-hydrogen) atoms. The second kappa shape index (κ2) is 6.04. The van der Waals surface area contributed by atoms with E-state index in [9.17, 15) is 14.9 Å². The van der Waals surface area contributed by atoms with Gasteiger partial charge < -0.3 is 9.72 Å². The molecule has 8 heteroatoms. The number of esters is 1. The summed E-state index contributed by atoms with van der Waals surface area (Å²) in [6.07, 6.45) is 0. The van der Waals surface area contributed by atoms with Gasteiger partial charge in [0.05, 0.1) is 17.2 Å². The molecule has 0 spiro atoms. The van der Waals surface area contributed by atoms with E-state index in [1.165, 1.54) is 17.8 Å². The number of nitro groups is 1. The maximum atomic E-state index is 11.7. The summed E-state index contributed by atoms with van der Waals surface area (Å²) in [4.78, 5) is 30.0. The van der Waals surface area contributed by atoms with E-state index in [1.807, 2.05) is 19.1 Å². The van der Waals surface area contributed by atoms with E-state index in [-0.39, 0.29) is 11.7 Å². The summed E-state index contributed by atoms with van der Waals surface area (Å²) >= 11 is 1.44. The fourth-order valence-corrected chi connectivity index (χ4v) is 3.50. The second-order valence-electron chi connectivity index (χ2n) is 5.20. The zero-order chi connectivity index (χ0) is 16.6. The fourth-order valence-electron chi connectivity index (χ4n) is 2.51. The summed E-state index contributed by atoms with van der Waals surface area (Å²) in [6, 6.07) is 4.73. The van der Waals surface area contributed by atoms with Crippen LogP contribution in [0.3, 0.4) is 0 Å². The van der Waals surface area contributed by atoms with Crippen LogP contribution in [0.1, 0.15) is 18.2 Å². The Morgan fingerprint density at radius 2 is 2.30 bits per heavy atom. The van der Waals surface area contributed by atoms with Gasteiger partial charge in [-0.1, -0.05) is 0 Å². The number of carbonyl (C=O) groups excluding carboxylic acids is 1. The van der Waals surface area contributed by atoms with E-state index in [2.05, 4.69) is 9.98 Å². The van der Waals surface area contributed by atoms with Gasteiger partial charge in [-0.15, -0.1) is 11.8 Å². The number of hydrogen-bond acceptors (Lipinski definition) is 6. The van der Waals surface area contributed by atoms with E-state index in [4.69, 9.17) is 4.74 Å². The molecule has 1 aliphatic heterocycles. The Morgan fingerprint density at radius 1 is 1.52 bits per heavy atom. The zero-order valence-corrected chi connectivity index (χ0v) is 13.5. The molecule has 1 unspecified atom stereocenters. The number of carbonyl (C=O) groups is 1. The third-order valence-corrected chi connectivity index (χ3v) is 4.57. The molecule has 0 saturated heterocycles. The first-order valence-electron chi connectivity index (χ1n) is 7.15. The first kappa shape index (κ1) is 15.5. The third-order valence-electron chi connectivity index (χ3n) is 3.49. The van der Waals surface area contributed by atoms with Crippen molar-refractivity contribution in [3.8, 4) is 0 Å². The van der Waals surface area contributed by atoms with Gasteiger partial charge in [0.1, 0.15) is 10.6 Å². The lowest BCUT2D eigenvalue weighted by Crippen LogP contribution is -2.21. The molecule has 1 aromatic carbocycles. The number of non-ortho nitro benzene ring substituents is 1. The topological polar surface area (TPSA) is 97.6 Å². The Hall–Kier alpha value is -2.35. The van der Waals surface area contributed by atoms with Gasteiger partial charge in [0.15, 0.2) is 6.04 Å². The quantitative estimate of drug-likeness (QED) is 0.527. The molecule has 1 aliphatic rings. The Balaban J connectivity index is 1.98. The van der Waals surface area contributed by atoms with E-state index >= 15 is 0 Å². The van der Waals surface area contributed by atoms with Gasteiger partial charge >= 0.3 is 5.97 Å². The number of ether oxygens (including phenoxy) is 1. The standard InChI is InChI=1S/C15H15N3O4S/c1-3-22-15(19)11-7-23-14(17-11)10-6-9-4-8(2)5-12(18(20)21)13(9)16-10/h4-6,11,16H,3,7H2,1-2H3. The van der Waals surface area contributed by atoms with Crippen molar-refractivity contribution in [2.24, 2.45) is 4.99 Å². The monoisotopic (exact) mass is 333 g/mol. The molecule has 2 aromatic rings. The molecule has 0 fully saturated rings. The molecule has 3 rings (SSSR count). The zero-order valence-electron chi connectivity index (χ0n) is 12.7. The number of nitro benzene ring substituents is 1. The molecule has 2 heterocycles. The van der Waals surface area contributed by atoms with Gasteiger partial charge in [0, 0.05) is 17.2 Å². The van der Waals surface area contributed by atoms with Gasteiger partial charge in [-0.05, 0) is 31.5 Å². The molecule has 0 amide bonds. The number of H-pyrrole nitrogens is 1. The van der Waals surface area contributed by atoms with Crippen LogP contribution in [0.5, 0.6) is 0 Å². The highest BCUT2D eigenvalue weighted by atomic mass is 32.2. The van der Waals surface area contributed by atoms with Crippen molar-refractivity contribution >= 4 is 39.4 Å². The third kappa shape index (κ3) is 2.94. The smallest absolute Gasteiger partial charge is 0.331 e. The van der Waals surface area contributed by atoms with E-state index < -0.39 is 11.0 Å². The number of aryl methyl sites for hydroxylation is 1. The highest BCUT2D eigenvalue weighted by Gasteiger charge is 2.28. The van der Waals surface area contributed by atoms with Crippen molar-refractivity contribution in [2.45, 2.75) is 19.9 Å². The molecule has 7 nitrogen and oxygen atoms in total. The van der Waals surface area contributed by atoms with Crippen LogP contribution in [0.25, 0.3) is 10.9 Å². The Kier molecular flexibility index (Phi) is 4.08. The molecule has 1 N–H and O–H groups in total. The Bertz CT molecular complexity index is 827. The number of aromatic amines is 1. The van der Waals surface area contributed by atoms with Gasteiger partial charge in [0.25, 0.3) is 5.69 Å². The normalized spacial score (nSPS) is 17.3. The molecular weight excluding hydrogens is 318 g/mol. The number of fused-ring (bicyclic) bond motifs is 1. The van der Waals surface area contributed by atoms with Crippen molar-refractivity contribution in [3.63, 3.8) is 0 Å². The first-order valence-corrected chi connectivity index (χ1v) is 8.13. The number of nitrogens with one attached hydrogen (secondary N) is 1. The van der Waals surface area contributed by atoms with E-state index in [0.29, 0.717) is 28.6 Å². The van der Waals surface area contributed by atoms with Crippen LogP contribution in [-0.4, -0.2) is 39.3 Å². The van der Waals surface area contributed by atoms with Gasteiger partial charge in [0.2, 0.25) is 0 Å². The molecule has 0 bridgehead atoms. The lowest BCUT2D eigenvalue weighted by atomic mass is 10.1. The van der Waals surface area contributed by atoms with Gasteiger partial charge in [-0.2, -0.15) is 0 Å². The van der Waals surface area contributed by atoms with Gasteiger partial charge in [-0.3, -0.25) is 15.1 Å². The number of hydrogen-bond donors (Lipinski definition) is 1. The highest BCUT2D eigenvalue weighted by molar-refractivity contribution is 8.14. The number of nitrogens with zero attached hydrogens (tertiary/aromatic N) is 2. The van der Waals surface area contributed by atoms with Crippen molar-refractivity contribution in [1.29, 1.82) is 0 Å². The minimum atomic E-state index is -0.516. The molecule has 0 saturated carbocycles. The predicted octanol–water partition coefficient (Wildman–Crippen LogP) is 2.81. The summed E-state index contributed by atoms with van der Waals surface area (Å²) in [7, 11) is 0. The molecule has 120 valence electrons. The lowest BCUT2D eigenvalue weighted by Gasteiger charge is -2.03. The molecular formula is C15H15N3O4S. The first-order chi connectivity index (χ1) is 11.0. The molecule has 0 aliphatic carbocycles. The average molecular weight is 333 g/mol. The highest BCUT2D eigenvalue weighted by Crippen LogP contribution is 2.31. The van der Waals surface area contributed by atoms with Crippen LogP contribution in [0.4, 0.5) is 5.69 Å². The summed E-state index contributed by atoms with van der Waals surface area (Å²) in [5.41, 5.74) is 2.01. The minimum Gasteiger partial charge on any atom is -0.464 e. The second-order valence-corrected chi connectivity index (χ2v) is 6.21. The summed E-state index contributed by atoms with van der Waals surface area (Å²) in [5.74, 6) is 0.179. The average Bonchev–Trinajstić information content (AvgIpc) is 3.12. The van der Waals surface area contributed by atoms with Crippen molar-refractivity contribution < 1.29 is 14.5 Å². The van der Waals surface area contributed by atoms with Crippen LogP contribution >= 0.6 is 11.8 Å². The summed E-state index contributed by atoms with van der Waals surface area (Å²) in [5, 5.41) is 12.6. The number of aromatic nitrogens is 1. The van der Waals surface area contributed by atoms with E-state index in [0.717, 1.165) is 10.9 Å². The van der Waals surface area contributed by atoms with Gasteiger partial charge in [-0.25, -0.2) is 4.79 Å². The number of benzene rings is 1. The molecule has 0 radical (unpaired) electrons. The lowest BCUT2D eigenvalue weighted by molar-refractivity contribution is -0.383. The van der Waals surface area contributed by atoms with Crippen LogP contribution in [-0.2, 0) is 9.53 Å². The van der Waals surface area contributed by atoms with Crippen LogP contribution < -0.4 is 0 Å². The van der Waals surface area contributed by atoms with Crippen molar-refractivity contribution in [3.05, 3.63) is 39.6 Å².